The monoisotopic (exact) mass is 280 g/mol. The second kappa shape index (κ2) is 5.63. The van der Waals surface area contributed by atoms with Gasteiger partial charge in [0, 0.05) is 23.9 Å². The fourth-order valence-corrected chi connectivity index (χ4v) is 3.33. The van der Waals surface area contributed by atoms with Gasteiger partial charge in [0.1, 0.15) is 0 Å². The average molecular weight is 280 g/mol. The molecule has 1 amide bonds. The van der Waals surface area contributed by atoms with Crippen LogP contribution in [0.1, 0.15) is 51.0 Å². The number of amides is 1. The normalized spacial score (nSPS) is 21.7. The molecule has 0 bridgehead atoms. The molecule has 3 nitrogen and oxygen atoms in total. The molecule has 2 unspecified atom stereocenters. The van der Waals surface area contributed by atoms with Crippen molar-refractivity contribution in [3.8, 4) is 0 Å². The molecule has 1 aromatic rings. The van der Waals surface area contributed by atoms with Crippen molar-refractivity contribution in [2.75, 3.05) is 6.54 Å². The SMILES string of the molecule is CC(C)(C)C(N)CC(=O)N1CCCC1c1cccs1. The van der Waals surface area contributed by atoms with Crippen LogP contribution >= 0.6 is 11.3 Å². The minimum Gasteiger partial charge on any atom is -0.335 e. The van der Waals surface area contributed by atoms with Crippen molar-refractivity contribution >= 4 is 17.2 Å². The van der Waals surface area contributed by atoms with E-state index < -0.39 is 0 Å². The summed E-state index contributed by atoms with van der Waals surface area (Å²) in [7, 11) is 0. The quantitative estimate of drug-likeness (QED) is 0.924. The number of carbonyl (C=O) groups excluding carboxylic acids is 1. The summed E-state index contributed by atoms with van der Waals surface area (Å²) >= 11 is 1.74. The number of carbonyl (C=O) groups is 1. The highest BCUT2D eigenvalue weighted by Crippen LogP contribution is 2.35. The fourth-order valence-electron chi connectivity index (χ4n) is 2.45. The van der Waals surface area contributed by atoms with E-state index in [2.05, 4.69) is 38.3 Å². The van der Waals surface area contributed by atoms with E-state index >= 15 is 0 Å². The summed E-state index contributed by atoms with van der Waals surface area (Å²) in [5, 5.41) is 2.08. The molecule has 19 heavy (non-hydrogen) atoms. The first-order valence-corrected chi connectivity index (χ1v) is 7.86. The Balaban J connectivity index is 2.02. The molecule has 1 saturated heterocycles. The first-order chi connectivity index (χ1) is 8.89. The molecule has 2 heterocycles. The average Bonchev–Trinajstić information content (AvgIpc) is 2.98. The van der Waals surface area contributed by atoms with Crippen LogP contribution in [-0.4, -0.2) is 23.4 Å². The molecule has 4 heteroatoms. The second-order valence-electron chi connectivity index (χ2n) is 6.44. The van der Waals surface area contributed by atoms with E-state index in [0.717, 1.165) is 19.4 Å². The maximum atomic E-state index is 12.5. The summed E-state index contributed by atoms with van der Waals surface area (Å²) in [6.07, 6.45) is 2.63. The molecule has 0 aromatic carbocycles. The maximum absolute atomic E-state index is 12.5. The van der Waals surface area contributed by atoms with Crippen LogP contribution in [0.15, 0.2) is 17.5 Å². The van der Waals surface area contributed by atoms with E-state index in [1.54, 1.807) is 11.3 Å². The lowest BCUT2D eigenvalue weighted by Crippen LogP contribution is -2.41. The zero-order chi connectivity index (χ0) is 14.0. The molecule has 0 spiro atoms. The Morgan fingerprint density at radius 1 is 1.58 bits per heavy atom. The van der Waals surface area contributed by atoms with E-state index in [1.807, 2.05) is 4.90 Å². The molecule has 1 aromatic heterocycles. The van der Waals surface area contributed by atoms with Crippen LogP contribution in [0.5, 0.6) is 0 Å². The Hall–Kier alpha value is -0.870. The zero-order valence-electron chi connectivity index (χ0n) is 12.1. The van der Waals surface area contributed by atoms with Crippen molar-refractivity contribution in [3.63, 3.8) is 0 Å². The summed E-state index contributed by atoms with van der Waals surface area (Å²) in [5.74, 6) is 0.207. The lowest BCUT2D eigenvalue weighted by molar-refractivity contribution is -0.133. The van der Waals surface area contributed by atoms with Crippen LogP contribution in [0.4, 0.5) is 0 Å². The minimum absolute atomic E-state index is 0.0200. The molecule has 2 atom stereocenters. The lowest BCUT2D eigenvalue weighted by atomic mass is 9.85. The third-order valence-corrected chi connectivity index (χ3v) is 4.93. The molecular weight excluding hydrogens is 256 g/mol. The van der Waals surface area contributed by atoms with Crippen LogP contribution in [0.3, 0.4) is 0 Å². The highest BCUT2D eigenvalue weighted by molar-refractivity contribution is 7.10. The number of hydrogen-bond acceptors (Lipinski definition) is 3. The van der Waals surface area contributed by atoms with Crippen molar-refractivity contribution in [2.24, 2.45) is 11.1 Å². The summed E-state index contributed by atoms with van der Waals surface area (Å²) in [6.45, 7) is 7.14. The Labute approximate surface area is 119 Å². The fraction of sp³-hybridized carbons (Fsp3) is 0.667. The van der Waals surface area contributed by atoms with Gasteiger partial charge in [0.25, 0.3) is 0 Å². The van der Waals surface area contributed by atoms with Gasteiger partial charge in [0.05, 0.1) is 6.04 Å². The van der Waals surface area contributed by atoms with Crippen LogP contribution in [0.25, 0.3) is 0 Å². The number of nitrogens with two attached hydrogens (primary N) is 1. The maximum Gasteiger partial charge on any atom is 0.224 e. The standard InChI is InChI=1S/C15H24N2OS/c1-15(2,3)13(16)10-14(18)17-8-4-6-11(17)12-7-5-9-19-12/h5,7,9,11,13H,4,6,8,10,16H2,1-3H3. The number of rotatable bonds is 3. The summed E-state index contributed by atoms with van der Waals surface area (Å²) in [6, 6.07) is 4.39. The molecule has 0 radical (unpaired) electrons. The van der Waals surface area contributed by atoms with E-state index in [1.165, 1.54) is 4.88 Å². The molecular formula is C15H24N2OS. The first-order valence-electron chi connectivity index (χ1n) is 6.98. The smallest absolute Gasteiger partial charge is 0.224 e. The van der Waals surface area contributed by atoms with E-state index in [4.69, 9.17) is 5.73 Å². The molecule has 0 aliphatic carbocycles. The van der Waals surface area contributed by atoms with Gasteiger partial charge in [-0.25, -0.2) is 0 Å². The highest BCUT2D eigenvalue weighted by atomic mass is 32.1. The van der Waals surface area contributed by atoms with Crippen LogP contribution in [-0.2, 0) is 4.79 Å². The largest absolute Gasteiger partial charge is 0.335 e. The Bertz CT molecular complexity index is 422. The Morgan fingerprint density at radius 3 is 2.89 bits per heavy atom. The van der Waals surface area contributed by atoms with Crippen molar-refractivity contribution in [2.45, 2.75) is 52.1 Å². The lowest BCUT2D eigenvalue weighted by Gasteiger charge is -2.30. The molecule has 1 fully saturated rings. The minimum atomic E-state index is -0.0791. The van der Waals surface area contributed by atoms with Gasteiger partial charge in [-0.05, 0) is 29.7 Å². The summed E-state index contributed by atoms with van der Waals surface area (Å²) < 4.78 is 0. The van der Waals surface area contributed by atoms with Crippen LogP contribution < -0.4 is 5.73 Å². The molecule has 1 aliphatic rings. The second-order valence-corrected chi connectivity index (χ2v) is 7.42. The van der Waals surface area contributed by atoms with Crippen LogP contribution in [0, 0.1) is 5.41 Å². The van der Waals surface area contributed by atoms with Crippen molar-refractivity contribution in [1.82, 2.24) is 4.90 Å². The van der Waals surface area contributed by atoms with Crippen molar-refractivity contribution < 1.29 is 4.79 Å². The van der Waals surface area contributed by atoms with Gasteiger partial charge < -0.3 is 10.6 Å². The Morgan fingerprint density at radius 2 is 2.32 bits per heavy atom. The number of likely N-dealkylation sites (tertiary alicyclic amines) is 1. The molecule has 106 valence electrons. The molecule has 0 saturated carbocycles. The number of nitrogens with zero attached hydrogens (tertiary/aromatic N) is 1. The van der Waals surface area contributed by atoms with E-state index in [0.29, 0.717) is 6.42 Å². The van der Waals surface area contributed by atoms with Gasteiger partial charge in [0.15, 0.2) is 0 Å². The van der Waals surface area contributed by atoms with Gasteiger partial charge in [-0.15, -0.1) is 11.3 Å². The predicted molar refractivity (Wildman–Crippen MR) is 80.1 cm³/mol. The summed E-state index contributed by atoms with van der Waals surface area (Å²) in [5.41, 5.74) is 6.12. The van der Waals surface area contributed by atoms with Crippen molar-refractivity contribution in [1.29, 1.82) is 0 Å². The summed E-state index contributed by atoms with van der Waals surface area (Å²) in [4.78, 5) is 15.8. The first kappa shape index (κ1) is 14.5. The topological polar surface area (TPSA) is 46.3 Å². The highest BCUT2D eigenvalue weighted by Gasteiger charge is 2.33. The molecule has 2 rings (SSSR count). The van der Waals surface area contributed by atoms with E-state index in [9.17, 15) is 4.79 Å². The van der Waals surface area contributed by atoms with Gasteiger partial charge in [-0.3, -0.25) is 4.79 Å². The van der Waals surface area contributed by atoms with Gasteiger partial charge in [0.2, 0.25) is 5.91 Å². The van der Waals surface area contributed by atoms with Crippen LogP contribution in [0.2, 0.25) is 0 Å². The van der Waals surface area contributed by atoms with Crippen molar-refractivity contribution in [3.05, 3.63) is 22.4 Å². The third kappa shape index (κ3) is 3.37. The molecule has 1 aliphatic heterocycles. The number of hydrogen-bond donors (Lipinski definition) is 1. The third-order valence-electron chi connectivity index (χ3n) is 3.95. The Kier molecular flexibility index (Phi) is 4.31. The van der Waals surface area contributed by atoms with Gasteiger partial charge in [-0.1, -0.05) is 26.8 Å². The predicted octanol–water partition coefficient (Wildman–Crippen LogP) is 3.18. The number of thiophene rings is 1. The van der Waals surface area contributed by atoms with Gasteiger partial charge >= 0.3 is 0 Å². The molecule has 2 N–H and O–H groups in total. The van der Waals surface area contributed by atoms with Gasteiger partial charge in [-0.2, -0.15) is 0 Å². The van der Waals surface area contributed by atoms with E-state index in [-0.39, 0.29) is 23.4 Å². The zero-order valence-corrected chi connectivity index (χ0v) is 12.9.